The number of hydrogen-bond acceptors (Lipinski definition) is 6. The summed E-state index contributed by atoms with van der Waals surface area (Å²) in [5.41, 5.74) is 0.434. The van der Waals surface area contributed by atoms with Crippen LogP contribution in [0.4, 0.5) is 16.2 Å². The Bertz CT molecular complexity index is 989. The number of hydrogen-bond donors (Lipinski definition) is 2. The minimum atomic E-state index is -0.528. The Morgan fingerprint density at radius 2 is 1.82 bits per heavy atom. The molecule has 10 nitrogen and oxygen atoms in total. The van der Waals surface area contributed by atoms with Gasteiger partial charge in [-0.2, -0.15) is 0 Å². The average molecular weight is 458 g/mol. The van der Waals surface area contributed by atoms with E-state index in [0.29, 0.717) is 37.6 Å². The van der Waals surface area contributed by atoms with Crippen molar-refractivity contribution in [3.8, 4) is 0 Å². The number of aromatic nitrogens is 1. The molecule has 2 heterocycles. The number of nitrogens with zero attached hydrogens (tertiary/aromatic N) is 3. The Balaban J connectivity index is 1.50. The van der Waals surface area contributed by atoms with Gasteiger partial charge in [-0.25, -0.2) is 4.79 Å². The summed E-state index contributed by atoms with van der Waals surface area (Å²) >= 11 is 0. The van der Waals surface area contributed by atoms with Gasteiger partial charge in [0, 0.05) is 44.5 Å². The first-order valence-electron chi connectivity index (χ1n) is 11.1. The zero-order valence-corrected chi connectivity index (χ0v) is 19.2. The van der Waals surface area contributed by atoms with Crippen molar-refractivity contribution < 1.29 is 19.2 Å². The van der Waals surface area contributed by atoms with Gasteiger partial charge >= 0.3 is 6.09 Å². The van der Waals surface area contributed by atoms with Crippen molar-refractivity contribution in [1.82, 2.24) is 14.8 Å². The lowest BCUT2D eigenvalue weighted by Crippen LogP contribution is -2.42. The van der Waals surface area contributed by atoms with Crippen molar-refractivity contribution in [3.63, 3.8) is 0 Å². The molecular weight excluding hydrogens is 426 g/mol. The van der Waals surface area contributed by atoms with Crippen LogP contribution in [0.5, 0.6) is 0 Å². The molecule has 2 aromatic rings. The third kappa shape index (κ3) is 6.47. The molecule has 0 spiro atoms. The number of anilines is 1. The first-order chi connectivity index (χ1) is 15.7. The number of carbonyl (C=O) groups excluding carboxylic acids is 2. The second-order valence-corrected chi connectivity index (χ2v) is 8.96. The molecule has 0 bridgehead atoms. The molecular formula is C23H31N5O5. The number of amides is 2. The van der Waals surface area contributed by atoms with E-state index in [1.165, 1.54) is 6.07 Å². The molecule has 0 aliphatic carbocycles. The molecule has 2 N–H and O–H groups in total. The highest BCUT2D eigenvalue weighted by Gasteiger charge is 2.28. The number of likely N-dealkylation sites (tertiary alicyclic amines) is 1. The summed E-state index contributed by atoms with van der Waals surface area (Å²) in [5.74, 6) is -0.209. The average Bonchev–Trinajstić information content (AvgIpc) is 3.26. The second-order valence-electron chi connectivity index (χ2n) is 8.96. The lowest BCUT2D eigenvalue weighted by molar-refractivity contribution is -0.384. The van der Waals surface area contributed by atoms with E-state index in [-0.39, 0.29) is 23.7 Å². The molecule has 3 rings (SSSR count). The fraction of sp³-hybridized carbons (Fsp3) is 0.478. The van der Waals surface area contributed by atoms with E-state index < -0.39 is 10.5 Å². The third-order valence-corrected chi connectivity index (χ3v) is 5.35. The maximum Gasteiger partial charge on any atom is 0.410 e. The second kappa shape index (κ2) is 10.4. The van der Waals surface area contributed by atoms with Gasteiger partial charge in [0.2, 0.25) is 0 Å². The molecule has 33 heavy (non-hydrogen) atoms. The first-order valence-corrected chi connectivity index (χ1v) is 11.1. The molecule has 1 aromatic carbocycles. The van der Waals surface area contributed by atoms with Gasteiger partial charge in [0.25, 0.3) is 11.6 Å². The predicted octanol–water partition coefficient (Wildman–Crippen LogP) is 3.81. The Kier molecular flexibility index (Phi) is 7.57. The molecule has 1 aliphatic rings. The van der Waals surface area contributed by atoms with Gasteiger partial charge in [0.1, 0.15) is 17.0 Å². The quantitative estimate of drug-likeness (QED) is 0.371. The van der Waals surface area contributed by atoms with E-state index in [9.17, 15) is 19.7 Å². The summed E-state index contributed by atoms with van der Waals surface area (Å²) in [6.45, 7) is 7.34. The number of rotatable bonds is 7. The van der Waals surface area contributed by atoms with Crippen molar-refractivity contribution in [3.05, 3.63) is 58.4 Å². The zero-order valence-electron chi connectivity index (χ0n) is 19.2. The Morgan fingerprint density at radius 3 is 2.48 bits per heavy atom. The van der Waals surface area contributed by atoms with Crippen LogP contribution >= 0.6 is 0 Å². The molecule has 1 saturated heterocycles. The molecule has 0 atom stereocenters. The number of para-hydroxylation sites is 2. The van der Waals surface area contributed by atoms with Crippen LogP contribution in [-0.2, 0) is 4.74 Å². The van der Waals surface area contributed by atoms with Crippen LogP contribution in [0.25, 0.3) is 0 Å². The van der Waals surface area contributed by atoms with E-state index in [4.69, 9.17) is 4.74 Å². The third-order valence-electron chi connectivity index (χ3n) is 5.35. The highest BCUT2D eigenvalue weighted by atomic mass is 16.6. The molecule has 0 unspecified atom stereocenters. The standard InChI is InChI=1S/C23H31N5O5/c1-23(2,3)33-22(30)26-15-10-17(11-16-26)27-14-6-9-20(27)21(29)25-13-12-24-18-7-4-5-8-19(18)28(31)32/h4-9,14,17,24H,10-13,15-16H2,1-3H3,(H,25,29). The van der Waals surface area contributed by atoms with Gasteiger partial charge in [0.05, 0.1) is 4.92 Å². The maximum atomic E-state index is 12.7. The number of nitro groups is 1. The minimum absolute atomic E-state index is 0.00423. The van der Waals surface area contributed by atoms with E-state index in [1.807, 2.05) is 37.6 Å². The molecule has 178 valence electrons. The van der Waals surface area contributed by atoms with Crippen LogP contribution in [0.3, 0.4) is 0 Å². The van der Waals surface area contributed by atoms with Gasteiger partial charge in [-0.15, -0.1) is 0 Å². The number of benzene rings is 1. The van der Waals surface area contributed by atoms with Gasteiger partial charge in [-0.3, -0.25) is 14.9 Å². The number of nitrogens with one attached hydrogen (secondary N) is 2. The smallest absolute Gasteiger partial charge is 0.410 e. The Hall–Kier alpha value is -3.56. The normalized spacial score (nSPS) is 14.6. The maximum absolute atomic E-state index is 12.7. The van der Waals surface area contributed by atoms with Gasteiger partial charge in [-0.05, 0) is 51.8 Å². The summed E-state index contributed by atoms with van der Waals surface area (Å²) in [6, 6.07) is 10.1. The van der Waals surface area contributed by atoms with E-state index in [0.717, 1.165) is 12.8 Å². The fourth-order valence-electron chi connectivity index (χ4n) is 3.80. The Morgan fingerprint density at radius 1 is 1.12 bits per heavy atom. The highest BCUT2D eigenvalue weighted by Crippen LogP contribution is 2.26. The molecule has 10 heteroatoms. The number of piperidine rings is 1. The lowest BCUT2D eigenvalue weighted by Gasteiger charge is -2.34. The number of nitro benzene ring substituents is 1. The lowest BCUT2D eigenvalue weighted by atomic mass is 10.0. The van der Waals surface area contributed by atoms with Gasteiger partial charge in [-0.1, -0.05) is 12.1 Å². The van der Waals surface area contributed by atoms with Crippen molar-refractivity contribution in [2.45, 2.75) is 45.3 Å². The fourth-order valence-corrected chi connectivity index (χ4v) is 3.80. The van der Waals surface area contributed by atoms with Crippen LogP contribution in [0.2, 0.25) is 0 Å². The highest BCUT2D eigenvalue weighted by molar-refractivity contribution is 5.92. The summed E-state index contributed by atoms with van der Waals surface area (Å²) in [7, 11) is 0. The van der Waals surface area contributed by atoms with E-state index in [1.54, 1.807) is 29.2 Å². The van der Waals surface area contributed by atoms with Crippen LogP contribution in [-0.4, -0.2) is 58.2 Å². The molecule has 1 aliphatic heterocycles. The Labute approximate surface area is 193 Å². The SMILES string of the molecule is CC(C)(C)OC(=O)N1CCC(n2cccc2C(=O)NCCNc2ccccc2[N+](=O)[O-])CC1. The number of carbonyl (C=O) groups is 2. The molecule has 1 aromatic heterocycles. The van der Waals surface area contributed by atoms with Crippen molar-refractivity contribution >= 4 is 23.4 Å². The van der Waals surface area contributed by atoms with Crippen LogP contribution in [0, 0.1) is 10.1 Å². The summed E-state index contributed by atoms with van der Waals surface area (Å²) < 4.78 is 7.40. The molecule has 0 saturated carbocycles. The van der Waals surface area contributed by atoms with Crippen LogP contribution < -0.4 is 10.6 Å². The van der Waals surface area contributed by atoms with Crippen molar-refractivity contribution in [2.75, 3.05) is 31.5 Å². The summed E-state index contributed by atoms with van der Waals surface area (Å²) in [5, 5.41) is 16.9. The van der Waals surface area contributed by atoms with E-state index in [2.05, 4.69) is 10.6 Å². The minimum Gasteiger partial charge on any atom is -0.444 e. The van der Waals surface area contributed by atoms with Gasteiger partial charge in [0.15, 0.2) is 0 Å². The largest absolute Gasteiger partial charge is 0.444 e. The molecule has 1 fully saturated rings. The number of ether oxygens (including phenoxy) is 1. The summed E-state index contributed by atoms with van der Waals surface area (Å²) in [6.07, 6.45) is 3.03. The predicted molar refractivity (Wildman–Crippen MR) is 124 cm³/mol. The van der Waals surface area contributed by atoms with Crippen molar-refractivity contribution in [2.24, 2.45) is 0 Å². The van der Waals surface area contributed by atoms with E-state index >= 15 is 0 Å². The zero-order chi connectivity index (χ0) is 24.0. The molecule has 0 radical (unpaired) electrons. The topological polar surface area (TPSA) is 119 Å². The van der Waals surface area contributed by atoms with Crippen LogP contribution in [0.15, 0.2) is 42.6 Å². The first kappa shape index (κ1) is 24.1. The van der Waals surface area contributed by atoms with Crippen LogP contribution in [0.1, 0.15) is 50.1 Å². The monoisotopic (exact) mass is 457 g/mol. The molecule has 2 amide bonds. The summed E-state index contributed by atoms with van der Waals surface area (Å²) in [4.78, 5) is 37.4. The van der Waals surface area contributed by atoms with Gasteiger partial charge < -0.3 is 24.8 Å². The van der Waals surface area contributed by atoms with Crippen molar-refractivity contribution in [1.29, 1.82) is 0 Å².